The van der Waals surface area contributed by atoms with Gasteiger partial charge in [-0.25, -0.2) is 0 Å². The highest BCUT2D eigenvalue weighted by Gasteiger charge is 2.14. The smallest absolute Gasteiger partial charge is 0.298 e. The minimum Gasteiger partial charge on any atom is -0.429 e. The second kappa shape index (κ2) is 33.5. The monoisotopic (exact) mass is 1310 g/mol. The third kappa shape index (κ3) is 19.3. The molecule has 0 atom stereocenters. The van der Waals surface area contributed by atoms with Crippen molar-refractivity contribution in [2.45, 2.75) is 20.8 Å². The van der Waals surface area contributed by atoms with E-state index >= 15 is 0 Å². The summed E-state index contributed by atoms with van der Waals surface area (Å²) in [5.74, 6) is -1.18. The van der Waals surface area contributed by atoms with E-state index in [1.165, 1.54) is 41.0 Å². The Morgan fingerprint density at radius 3 is 0.737 bits per heavy atom. The van der Waals surface area contributed by atoms with E-state index in [0.717, 1.165) is 89.0 Å². The molecule has 0 unspecified atom stereocenters. The van der Waals surface area contributed by atoms with Gasteiger partial charge in [-0.3, -0.25) is 38.4 Å². The maximum Gasteiger partial charge on any atom is 0.298 e. The average Bonchev–Trinajstić information content (AvgIpc) is 0.975. The van der Waals surface area contributed by atoms with Crippen molar-refractivity contribution in [3.63, 3.8) is 0 Å². The van der Waals surface area contributed by atoms with Gasteiger partial charge in [-0.1, -0.05) is 205 Å². The summed E-state index contributed by atoms with van der Waals surface area (Å²) < 4.78 is 19.5. The summed E-state index contributed by atoms with van der Waals surface area (Å²) in [6.45, 7) is 7.45. The second-order valence-electron chi connectivity index (χ2n) is 22.6. The summed E-state index contributed by atoms with van der Waals surface area (Å²) in [5, 5.41) is 0. The molecular weight excluding hydrogens is 1240 g/mol. The van der Waals surface area contributed by atoms with Gasteiger partial charge in [-0.15, -0.1) is 0 Å². The molecule has 12 aromatic carbocycles. The van der Waals surface area contributed by atoms with Gasteiger partial charge in [0.15, 0.2) is 0 Å². The molecule has 0 spiro atoms. The Kier molecular flexibility index (Phi) is 23.6. The Hall–Kier alpha value is -13.6. The normalized spacial score (nSPS) is 10.3. The van der Waals surface area contributed by atoms with E-state index in [9.17, 15) is 38.4 Å². The van der Waals surface area contributed by atoms with E-state index in [2.05, 4.69) is 61.5 Å². The van der Waals surface area contributed by atoms with Crippen molar-refractivity contribution in [1.29, 1.82) is 0 Å². The lowest BCUT2D eigenvalue weighted by atomic mass is 9.97. The molecule has 0 saturated heterocycles. The van der Waals surface area contributed by atoms with Gasteiger partial charge in [-0.2, -0.15) is 0 Å². The number of carbonyl (C=O) groups excluding carboxylic acids is 8. The first-order valence-corrected chi connectivity index (χ1v) is 30.8. The molecule has 0 bridgehead atoms. The maximum absolute atomic E-state index is 11.5. The van der Waals surface area contributed by atoms with Crippen molar-refractivity contribution in [2.75, 3.05) is 0 Å². The highest BCUT2D eigenvalue weighted by Crippen LogP contribution is 2.35. The quantitative estimate of drug-likeness (QED) is 0.0519. The number of nitrogens with two attached hydrogens (primary N) is 4. The van der Waals surface area contributed by atoms with Crippen LogP contribution in [-0.4, -0.2) is 49.5 Å². The van der Waals surface area contributed by atoms with Crippen LogP contribution >= 0.6 is 0 Å². The van der Waals surface area contributed by atoms with Gasteiger partial charge in [0, 0.05) is 22.3 Å². The van der Waals surface area contributed by atoms with Crippen LogP contribution in [0.15, 0.2) is 273 Å². The number of hydrogen-bond acceptors (Lipinski definition) is 12. The lowest BCUT2D eigenvalue weighted by Gasteiger charge is -2.09. The van der Waals surface area contributed by atoms with Crippen molar-refractivity contribution in [1.82, 2.24) is 0 Å². The highest BCUT2D eigenvalue weighted by molar-refractivity contribution is 5.97. The molecule has 490 valence electrons. The summed E-state index contributed by atoms with van der Waals surface area (Å²) in [5.41, 5.74) is 41.6. The molecule has 12 rings (SSSR count). The lowest BCUT2D eigenvalue weighted by molar-refractivity contribution is -0.121. The topological polar surface area (TPSA) is 278 Å². The number of hydrogen-bond donors (Lipinski definition) is 4. The summed E-state index contributed by atoms with van der Waals surface area (Å²) in [6, 6.07) is 85.8. The number of amides is 4. The average molecular weight is 1310 g/mol. The third-order valence-corrected chi connectivity index (χ3v) is 15.6. The Morgan fingerprint density at radius 2 is 0.444 bits per heavy atom. The summed E-state index contributed by atoms with van der Waals surface area (Å²) in [6.07, 6.45) is 0. The third-order valence-electron chi connectivity index (χ3n) is 15.6. The molecule has 16 heteroatoms. The number of rotatable bonds is 20. The standard InChI is InChI=1S/3C21H17NO3.C20H15NO3/c1-14-2-4-15(5-3-14)16-6-8-17(9-7-16)18-10-19(21(22)24)12-20(11-18)25-13-23;1-14-4-2-5-15(8-14)16-6-3-7-17(9-16)18-10-19(21(22)24)12-20(11-18)25-13-23;1-14-5-7-15(8-6-14)16-3-2-4-17(9-16)18-10-19(21(22)24)12-20(11-18)25-13-23;21-20(23)18-10-17(11-19(12-18)24-13-22)16-8-6-15(7-9-16)14-4-2-1-3-5-14/h3*2-13H,1H3,(H2,22,24);1-13H,(H2,21,23). The number of ether oxygens (including phenoxy) is 4. The van der Waals surface area contributed by atoms with Crippen LogP contribution in [0, 0.1) is 20.8 Å². The predicted molar refractivity (Wildman–Crippen MR) is 384 cm³/mol. The molecule has 0 aliphatic rings. The Morgan fingerprint density at radius 1 is 0.222 bits per heavy atom. The van der Waals surface area contributed by atoms with E-state index in [-0.39, 0.29) is 45.3 Å². The van der Waals surface area contributed by atoms with Crippen LogP contribution in [0.3, 0.4) is 0 Å². The zero-order chi connectivity index (χ0) is 70.4. The van der Waals surface area contributed by atoms with Gasteiger partial charge in [0.1, 0.15) is 23.0 Å². The van der Waals surface area contributed by atoms with Crippen LogP contribution in [0.2, 0.25) is 0 Å². The lowest BCUT2D eigenvalue weighted by Crippen LogP contribution is -2.11. The van der Waals surface area contributed by atoms with Gasteiger partial charge in [0.05, 0.1) is 0 Å². The largest absolute Gasteiger partial charge is 0.429 e. The predicted octanol–water partition coefficient (Wildman–Crippen LogP) is 15.5. The molecule has 8 N–H and O–H groups in total. The molecule has 0 aromatic heterocycles. The van der Waals surface area contributed by atoms with E-state index in [4.69, 9.17) is 41.9 Å². The molecular formula is C83H66N4O12. The zero-order valence-electron chi connectivity index (χ0n) is 54.0. The number of primary amides is 4. The molecule has 16 nitrogen and oxygen atoms in total. The van der Waals surface area contributed by atoms with Crippen molar-refractivity contribution in [3.8, 4) is 112 Å². The van der Waals surface area contributed by atoms with E-state index in [1.54, 1.807) is 48.5 Å². The molecule has 0 heterocycles. The maximum atomic E-state index is 11.5. The molecule has 99 heavy (non-hydrogen) atoms. The van der Waals surface area contributed by atoms with Crippen molar-refractivity contribution >= 4 is 49.5 Å². The molecule has 0 aliphatic heterocycles. The van der Waals surface area contributed by atoms with Gasteiger partial charge >= 0.3 is 0 Å². The first kappa shape index (κ1) is 69.7. The summed E-state index contributed by atoms with van der Waals surface area (Å²) in [7, 11) is 0. The molecule has 0 fully saturated rings. The van der Waals surface area contributed by atoms with E-state index in [0.29, 0.717) is 25.9 Å². The fourth-order valence-corrected chi connectivity index (χ4v) is 10.5. The fourth-order valence-electron chi connectivity index (χ4n) is 10.5. The molecule has 0 radical (unpaired) electrons. The molecule has 0 aliphatic carbocycles. The number of benzene rings is 12. The van der Waals surface area contributed by atoms with E-state index < -0.39 is 23.6 Å². The van der Waals surface area contributed by atoms with Crippen LogP contribution in [0.1, 0.15) is 58.1 Å². The van der Waals surface area contributed by atoms with Gasteiger partial charge < -0.3 is 41.9 Å². The minimum atomic E-state index is -0.577. The Labute approximate surface area is 571 Å². The number of carbonyl (C=O) groups is 8. The number of aryl methyl sites for hydroxylation is 3. The van der Waals surface area contributed by atoms with Crippen LogP contribution in [0.5, 0.6) is 23.0 Å². The van der Waals surface area contributed by atoms with Crippen LogP contribution in [0.4, 0.5) is 0 Å². The first-order chi connectivity index (χ1) is 47.9. The van der Waals surface area contributed by atoms with Crippen LogP contribution in [-0.2, 0) is 19.2 Å². The van der Waals surface area contributed by atoms with Crippen molar-refractivity contribution < 1.29 is 57.3 Å². The molecule has 0 saturated carbocycles. The van der Waals surface area contributed by atoms with Gasteiger partial charge in [0.25, 0.3) is 25.9 Å². The Bertz CT molecular complexity index is 4900. The van der Waals surface area contributed by atoms with Crippen LogP contribution < -0.4 is 41.9 Å². The molecule has 4 amide bonds. The highest BCUT2D eigenvalue weighted by atomic mass is 16.5. The van der Waals surface area contributed by atoms with Crippen LogP contribution in [0.25, 0.3) is 89.0 Å². The second-order valence-corrected chi connectivity index (χ2v) is 22.6. The van der Waals surface area contributed by atoms with Crippen molar-refractivity contribution in [3.05, 3.63) is 312 Å². The first-order valence-electron chi connectivity index (χ1n) is 30.8. The van der Waals surface area contributed by atoms with Gasteiger partial charge in [0.2, 0.25) is 23.6 Å². The minimum absolute atomic E-state index is 0.280. The summed E-state index contributed by atoms with van der Waals surface area (Å²) in [4.78, 5) is 88.5. The molecule has 12 aromatic rings. The zero-order valence-corrected chi connectivity index (χ0v) is 54.0. The Balaban J connectivity index is 0.000000154. The van der Waals surface area contributed by atoms with E-state index in [1.807, 2.05) is 159 Å². The SMILES string of the molecule is Cc1ccc(-c2ccc(-c3cc(OC=O)cc(C(N)=O)c3)cc2)cc1.Cc1ccc(-c2cccc(-c3cc(OC=O)cc(C(N)=O)c3)c2)cc1.Cc1cccc(-c2cccc(-c3cc(OC=O)cc(C(N)=O)c3)c2)c1.NC(=O)c1cc(OC=O)cc(-c2ccc(-c3ccccc3)cc2)c1. The van der Waals surface area contributed by atoms with Gasteiger partial charge in [-0.05, 0) is 195 Å². The fraction of sp³-hybridized carbons (Fsp3) is 0.0361. The summed E-state index contributed by atoms with van der Waals surface area (Å²) >= 11 is 0. The van der Waals surface area contributed by atoms with Crippen molar-refractivity contribution in [2.24, 2.45) is 22.9 Å².